The van der Waals surface area contributed by atoms with Crippen LogP contribution in [0.15, 0.2) is 66.7 Å². The summed E-state index contributed by atoms with van der Waals surface area (Å²) in [6.07, 6.45) is 0.458. The number of nitrogens with zero attached hydrogens (tertiary/aromatic N) is 3. The van der Waals surface area contributed by atoms with Crippen molar-refractivity contribution in [2.45, 2.75) is 19.5 Å². The van der Waals surface area contributed by atoms with Crippen LogP contribution in [0.5, 0.6) is 0 Å². The molecule has 0 saturated carbocycles. The smallest absolute Gasteiger partial charge is 0.253 e. The lowest BCUT2D eigenvalue weighted by molar-refractivity contribution is 0.0827. The average Bonchev–Trinajstić information content (AvgIpc) is 2.92. The summed E-state index contributed by atoms with van der Waals surface area (Å²) in [5.41, 5.74) is 2.78. The highest BCUT2D eigenvalue weighted by Crippen LogP contribution is 2.30. The van der Waals surface area contributed by atoms with Crippen molar-refractivity contribution in [3.05, 3.63) is 99.0 Å². The Kier molecular flexibility index (Phi) is 11.0. The molecular weight excluding hydrogens is 571 g/mol. The van der Waals surface area contributed by atoms with Crippen LogP contribution < -0.4 is 9.62 Å². The van der Waals surface area contributed by atoms with E-state index in [1.165, 1.54) is 9.21 Å². The first-order valence-electron chi connectivity index (χ1n) is 12.7. The van der Waals surface area contributed by atoms with E-state index in [0.29, 0.717) is 45.4 Å². The van der Waals surface area contributed by atoms with E-state index in [1.807, 2.05) is 19.0 Å². The zero-order valence-corrected chi connectivity index (χ0v) is 25.4. The number of benzene rings is 3. The third-order valence-electron chi connectivity index (χ3n) is 6.17. The molecule has 11 heteroatoms. The fourth-order valence-electron chi connectivity index (χ4n) is 3.94. The van der Waals surface area contributed by atoms with E-state index >= 15 is 0 Å². The van der Waals surface area contributed by atoms with E-state index in [2.05, 4.69) is 5.32 Å². The van der Waals surface area contributed by atoms with Gasteiger partial charge in [0.2, 0.25) is 10.0 Å². The van der Waals surface area contributed by atoms with Crippen LogP contribution in [-0.4, -0.2) is 70.5 Å². The minimum atomic E-state index is -3.72. The Labute approximate surface area is 246 Å². The van der Waals surface area contributed by atoms with Crippen molar-refractivity contribution in [3.8, 4) is 0 Å². The molecule has 0 aliphatic heterocycles. The first-order chi connectivity index (χ1) is 18.9. The van der Waals surface area contributed by atoms with Crippen LogP contribution in [0.2, 0.25) is 10.0 Å². The number of rotatable bonds is 12. The van der Waals surface area contributed by atoms with Crippen molar-refractivity contribution in [3.63, 3.8) is 0 Å². The molecule has 0 saturated heterocycles. The molecule has 0 aliphatic rings. The first kappa shape index (κ1) is 31.4. The van der Waals surface area contributed by atoms with Gasteiger partial charge < -0.3 is 15.1 Å². The van der Waals surface area contributed by atoms with E-state index < -0.39 is 10.0 Å². The number of carbonyl (C=O) groups excluding carboxylic acids is 2. The summed E-state index contributed by atoms with van der Waals surface area (Å²) >= 11 is 12.6. The Morgan fingerprint density at radius 2 is 1.48 bits per heavy atom. The fourth-order valence-corrected chi connectivity index (χ4v) is 5.81. The van der Waals surface area contributed by atoms with Crippen LogP contribution in [0.25, 0.3) is 0 Å². The van der Waals surface area contributed by atoms with Gasteiger partial charge in [-0.2, -0.15) is 0 Å². The molecule has 3 rings (SSSR count). The number of halogens is 2. The second-order valence-corrected chi connectivity index (χ2v) is 12.6. The third kappa shape index (κ3) is 8.44. The van der Waals surface area contributed by atoms with Gasteiger partial charge in [0.15, 0.2) is 0 Å². The maximum Gasteiger partial charge on any atom is 0.253 e. The molecule has 8 nitrogen and oxygen atoms in total. The van der Waals surface area contributed by atoms with Crippen molar-refractivity contribution in [1.29, 1.82) is 0 Å². The molecule has 0 heterocycles. The van der Waals surface area contributed by atoms with E-state index in [0.717, 1.165) is 5.56 Å². The van der Waals surface area contributed by atoms with E-state index in [4.69, 9.17) is 23.2 Å². The van der Waals surface area contributed by atoms with Crippen LogP contribution in [0, 0.1) is 0 Å². The highest BCUT2D eigenvalue weighted by atomic mass is 35.5. The summed E-state index contributed by atoms with van der Waals surface area (Å²) in [6, 6.07) is 18.5. The van der Waals surface area contributed by atoms with Gasteiger partial charge in [-0.3, -0.25) is 13.9 Å². The Morgan fingerprint density at radius 1 is 0.850 bits per heavy atom. The lowest BCUT2D eigenvalue weighted by atomic mass is 10.1. The molecular formula is C29H34Cl2N4O4S. The van der Waals surface area contributed by atoms with Gasteiger partial charge in [0.1, 0.15) is 0 Å². The standard InChI is InChI=1S/C29H34Cl2N4O4S/c1-33(2)17-6-18-40(38,39)35(20-24-7-5-8-26(30)27(24)31)25-15-13-22(14-16-25)28(36)32-19-21-9-11-23(12-10-21)29(37)34(3)4/h5,7-16H,6,17-20H2,1-4H3,(H,32,36). The maximum atomic E-state index is 13.4. The number of nitrogens with one attached hydrogen (secondary N) is 1. The largest absolute Gasteiger partial charge is 0.348 e. The van der Waals surface area contributed by atoms with Gasteiger partial charge in [0.05, 0.1) is 28.0 Å². The number of sulfonamides is 1. The van der Waals surface area contributed by atoms with Gasteiger partial charge in [0.25, 0.3) is 11.8 Å². The summed E-state index contributed by atoms with van der Waals surface area (Å²) in [6.45, 7) is 0.900. The number of amides is 2. The lowest BCUT2D eigenvalue weighted by Gasteiger charge is -2.26. The van der Waals surface area contributed by atoms with E-state index in [9.17, 15) is 18.0 Å². The summed E-state index contributed by atoms with van der Waals surface area (Å²) in [7, 11) is 3.44. The Hall–Kier alpha value is -3.11. The van der Waals surface area contributed by atoms with Gasteiger partial charge in [-0.15, -0.1) is 0 Å². The molecule has 0 aromatic heterocycles. The van der Waals surface area contributed by atoms with Crippen molar-refractivity contribution in [2.75, 3.05) is 44.8 Å². The molecule has 214 valence electrons. The minimum Gasteiger partial charge on any atom is -0.348 e. The molecule has 3 aromatic rings. The summed E-state index contributed by atoms with van der Waals surface area (Å²) in [5, 5.41) is 3.50. The molecule has 2 amide bonds. The Morgan fingerprint density at radius 3 is 2.08 bits per heavy atom. The molecule has 40 heavy (non-hydrogen) atoms. The maximum absolute atomic E-state index is 13.4. The third-order valence-corrected chi connectivity index (χ3v) is 8.84. The van der Waals surface area contributed by atoms with Crippen LogP contribution in [0.3, 0.4) is 0 Å². The van der Waals surface area contributed by atoms with Crippen LogP contribution in [0.1, 0.15) is 38.3 Å². The molecule has 0 unspecified atom stereocenters. The topological polar surface area (TPSA) is 90.0 Å². The number of hydrogen-bond acceptors (Lipinski definition) is 5. The molecule has 0 atom stereocenters. The molecule has 0 spiro atoms. The SMILES string of the molecule is CN(C)CCCS(=O)(=O)N(Cc1cccc(Cl)c1Cl)c1ccc(C(=O)NCc2ccc(C(=O)N(C)C)cc2)cc1. The summed E-state index contributed by atoms with van der Waals surface area (Å²) in [5.74, 6) is -0.454. The summed E-state index contributed by atoms with van der Waals surface area (Å²) in [4.78, 5) is 28.3. The summed E-state index contributed by atoms with van der Waals surface area (Å²) < 4.78 is 28.2. The number of carbonyl (C=O) groups is 2. The molecule has 0 radical (unpaired) electrons. The van der Waals surface area contributed by atoms with Crippen LogP contribution in [-0.2, 0) is 23.1 Å². The molecule has 0 fully saturated rings. The van der Waals surface area contributed by atoms with Gasteiger partial charge in [-0.1, -0.05) is 47.5 Å². The van der Waals surface area contributed by atoms with Gasteiger partial charge in [0, 0.05) is 31.8 Å². The quantitative estimate of drug-likeness (QED) is 0.317. The van der Waals surface area contributed by atoms with E-state index in [1.54, 1.807) is 80.8 Å². The second-order valence-electron chi connectivity index (χ2n) is 9.82. The normalized spacial score (nSPS) is 11.4. The van der Waals surface area contributed by atoms with E-state index in [-0.39, 0.29) is 30.7 Å². The van der Waals surface area contributed by atoms with Crippen molar-refractivity contribution >= 4 is 50.7 Å². The van der Waals surface area contributed by atoms with Crippen molar-refractivity contribution in [2.24, 2.45) is 0 Å². The lowest BCUT2D eigenvalue weighted by Crippen LogP contribution is -2.33. The van der Waals surface area contributed by atoms with Crippen molar-refractivity contribution in [1.82, 2.24) is 15.1 Å². The monoisotopic (exact) mass is 604 g/mol. The van der Waals surface area contributed by atoms with Gasteiger partial charge in [-0.05, 0) is 80.7 Å². The minimum absolute atomic E-state index is 0.00154. The predicted molar refractivity (Wildman–Crippen MR) is 162 cm³/mol. The number of anilines is 1. The number of hydrogen-bond donors (Lipinski definition) is 1. The molecule has 0 bridgehead atoms. The molecule has 0 aliphatic carbocycles. The van der Waals surface area contributed by atoms with Crippen LogP contribution >= 0.6 is 23.2 Å². The molecule has 3 aromatic carbocycles. The average molecular weight is 606 g/mol. The molecule has 1 N–H and O–H groups in total. The Bertz CT molecular complexity index is 1430. The zero-order valence-electron chi connectivity index (χ0n) is 23.0. The highest BCUT2D eigenvalue weighted by molar-refractivity contribution is 7.92. The highest BCUT2D eigenvalue weighted by Gasteiger charge is 2.24. The second kappa shape index (κ2) is 14.0. The predicted octanol–water partition coefficient (Wildman–Crippen LogP) is 4.91. The zero-order chi connectivity index (χ0) is 29.4. The van der Waals surface area contributed by atoms with Crippen LogP contribution in [0.4, 0.5) is 5.69 Å². The Balaban J connectivity index is 1.76. The van der Waals surface area contributed by atoms with Gasteiger partial charge >= 0.3 is 0 Å². The van der Waals surface area contributed by atoms with Crippen molar-refractivity contribution < 1.29 is 18.0 Å². The first-order valence-corrected chi connectivity index (χ1v) is 15.0. The van der Waals surface area contributed by atoms with Gasteiger partial charge in [-0.25, -0.2) is 8.42 Å². The fraction of sp³-hybridized carbons (Fsp3) is 0.310.